The number of hydrogen-bond acceptors (Lipinski definition) is 23. The van der Waals surface area contributed by atoms with Crippen LogP contribution < -0.4 is 56.7 Å². The van der Waals surface area contributed by atoms with Crippen LogP contribution in [0.15, 0.2) is 160 Å². The molecular weight excluding hydrogens is 2110 g/mol. The smallest absolute Gasteiger partial charge is 0.227 e. The third-order valence-electron chi connectivity index (χ3n) is 29.4. The van der Waals surface area contributed by atoms with Gasteiger partial charge in [0, 0.05) is 99.2 Å². The number of fused-ring (bicyclic) bond motifs is 7. The molecule has 27 nitrogen and oxygen atoms in total. The molecule has 11 N–H and O–H groups in total. The molecule has 7 atom stereocenters. The highest BCUT2D eigenvalue weighted by Crippen LogP contribution is 2.58. The quantitative estimate of drug-likeness (QED) is 0.0497. The number of rotatable bonds is 14. The summed E-state index contributed by atoms with van der Waals surface area (Å²) in [5.41, 5.74) is 45.2. The average Bonchev–Trinajstić information content (AvgIpc) is 1.59. The first-order valence-electron chi connectivity index (χ1n) is 47.8. The highest BCUT2D eigenvalue weighted by molar-refractivity contribution is 14.1. The van der Waals surface area contributed by atoms with Gasteiger partial charge in [0.1, 0.15) is 17.5 Å². The van der Waals surface area contributed by atoms with Crippen LogP contribution in [0.3, 0.4) is 0 Å². The van der Waals surface area contributed by atoms with E-state index in [0.717, 1.165) is 237 Å². The maximum atomic E-state index is 13.3. The summed E-state index contributed by atoms with van der Waals surface area (Å²) in [5, 5.41) is 0.898. The number of nitrogens with one attached hydrogen (secondary N) is 3. The fourth-order valence-corrected chi connectivity index (χ4v) is 27.6. The number of nitrogens with zero attached hydrogens (tertiary/aromatic N) is 17. The molecule has 4 aromatic carbocycles. The highest BCUT2D eigenvalue weighted by atomic mass is 127. The summed E-state index contributed by atoms with van der Waals surface area (Å²) in [5.74, 6) is 4.72. The molecule has 4 fully saturated rings. The molecule has 0 amide bonds. The van der Waals surface area contributed by atoms with Gasteiger partial charge in [0.15, 0.2) is 16.9 Å². The van der Waals surface area contributed by atoms with Crippen LogP contribution in [0.25, 0.3) is 16.9 Å². The molecule has 9 aromatic heterocycles. The Morgan fingerprint density at radius 2 is 0.683 bits per heavy atom. The summed E-state index contributed by atoms with van der Waals surface area (Å²) in [4.78, 5) is 60.0. The second-order valence-electron chi connectivity index (χ2n) is 41.9. The predicted octanol–water partition coefficient (Wildman–Crippen LogP) is 19.8. The third-order valence-corrected chi connectivity index (χ3v) is 40.2. The fraction of sp³-hybridized carbons (Fsp3) is 0.456. The van der Waals surface area contributed by atoms with Crippen LogP contribution in [0.5, 0.6) is 0 Å². The van der Waals surface area contributed by atoms with Crippen molar-refractivity contribution < 1.29 is 12.6 Å². The lowest BCUT2D eigenvalue weighted by molar-refractivity contribution is 0.176. The number of pyridine rings is 2. The number of nitrogens with two attached hydrogens (primary N) is 4. The Hall–Kier alpha value is -8.25. The van der Waals surface area contributed by atoms with E-state index in [2.05, 4.69) is 235 Å². The predicted molar refractivity (Wildman–Crippen MR) is 584 cm³/mol. The van der Waals surface area contributed by atoms with Gasteiger partial charge in [-0.15, -0.1) is 0 Å². The molecule has 4 aliphatic carbocycles. The van der Waals surface area contributed by atoms with E-state index in [-0.39, 0.29) is 60.1 Å². The molecule has 0 unspecified atom stereocenters. The number of aryl methyl sites for hydroxylation is 7. The largest absolute Gasteiger partial charge is 0.383 e. The molecule has 13 aromatic rings. The Morgan fingerprint density at radius 3 is 1.04 bits per heavy atom. The number of benzene rings is 4. The van der Waals surface area contributed by atoms with E-state index >= 15 is 0 Å². The number of halogens is 4. The number of anilines is 7. The van der Waals surface area contributed by atoms with Crippen molar-refractivity contribution in [3.05, 3.63) is 242 Å². The minimum absolute atomic E-state index is 0.00787. The van der Waals surface area contributed by atoms with Gasteiger partial charge in [0.05, 0.1) is 132 Å². The molecule has 4 saturated heterocycles. The van der Waals surface area contributed by atoms with Crippen LogP contribution in [0.4, 0.5) is 41.2 Å². The molecule has 0 saturated carbocycles. The Balaban J connectivity index is 0.000000124. The molecule has 4 spiro atoms. The molecule has 13 heterocycles. The van der Waals surface area contributed by atoms with E-state index in [1.807, 2.05) is 116 Å². The van der Waals surface area contributed by atoms with E-state index in [0.29, 0.717) is 27.5 Å². The summed E-state index contributed by atoms with van der Waals surface area (Å²) >= 11 is 20.5. The van der Waals surface area contributed by atoms with Crippen molar-refractivity contribution in [2.24, 2.45) is 27.4 Å². The topological polar surface area (TPSA) is 346 Å². The van der Waals surface area contributed by atoms with E-state index in [1.165, 1.54) is 68.0 Å². The lowest BCUT2D eigenvalue weighted by Crippen LogP contribution is -2.48. The first kappa shape index (κ1) is 101. The molecule has 139 heavy (non-hydrogen) atoms. The molecule has 36 heteroatoms. The molecular formula is C103H126Cl2I2N24O3S5. The summed E-state index contributed by atoms with van der Waals surface area (Å²) in [6, 6.07) is 38.7. The average molecular weight is 2230 g/mol. The highest BCUT2D eigenvalue weighted by Gasteiger charge is 2.54. The maximum Gasteiger partial charge on any atom is 0.227 e. The number of hydrogen-bond donors (Lipinski definition) is 7. The Bertz CT molecular complexity index is 6920. The van der Waals surface area contributed by atoms with Crippen LogP contribution >= 0.6 is 91.9 Å². The van der Waals surface area contributed by atoms with Gasteiger partial charge in [-0.25, -0.2) is 71.6 Å². The lowest BCUT2D eigenvalue weighted by atomic mass is 9.73. The summed E-state index contributed by atoms with van der Waals surface area (Å²) in [6.45, 7) is 39.5. The molecule has 0 radical (unpaired) electrons. The van der Waals surface area contributed by atoms with Crippen LogP contribution in [0, 0.1) is 77.3 Å². The van der Waals surface area contributed by atoms with E-state index in [9.17, 15) is 12.6 Å². The molecule has 21 rings (SSSR count). The number of imidazole rings is 3. The van der Waals surface area contributed by atoms with Crippen LogP contribution in [-0.2, 0) is 58.6 Å². The van der Waals surface area contributed by atoms with Gasteiger partial charge in [-0.3, -0.25) is 13.2 Å². The third kappa shape index (κ3) is 20.0. The SMILES string of the molecule is Cc1cn2c(N3CCC4(CC3)Cc3ccccc3[C@H]4N)nc(C)c(Sc3ccnc(N)c3Cl)c2n1.Cc1cn2c(N3CCC4(CC3)Cc3ccccc3[C@H]4N[S@](=O)C(C)(C)C)nc(C)c(I)c2n1.Cc1cn2c(N3CCC4(CC3)Cc3ccccc3[C@H]4N[S@](=O)C(C)(C)C)nc(C)c(Sc3ccnc(N)c3Cl)c2n1.Cc1nc(N2CCC3(CC2)Cc2ccccc2[C@H]3N[S@](=O)C(C)(C)C)nc(N)c1I. The van der Waals surface area contributed by atoms with Gasteiger partial charge in [0.2, 0.25) is 23.8 Å². The maximum absolute atomic E-state index is 13.3. The lowest BCUT2D eigenvalue weighted by Gasteiger charge is -2.44. The van der Waals surface area contributed by atoms with E-state index in [4.69, 9.17) is 76.0 Å². The van der Waals surface area contributed by atoms with Gasteiger partial charge in [-0.1, -0.05) is 144 Å². The van der Waals surface area contributed by atoms with Crippen LogP contribution in [0.2, 0.25) is 10.0 Å². The molecule has 734 valence electrons. The second kappa shape index (κ2) is 39.7. The normalized spacial score (nSPS) is 20.1. The first-order valence-corrected chi connectivity index (χ1v) is 55.8. The Morgan fingerprint density at radius 1 is 0.381 bits per heavy atom. The second-order valence-corrected chi connectivity index (χ2v) is 52.9. The zero-order valence-corrected chi connectivity index (χ0v) is 91.8. The van der Waals surface area contributed by atoms with Crippen LogP contribution in [0.1, 0.15) is 222 Å². The standard InChI is InChI=1S/C30H36ClN7OS2.C26H28ClN7S.C25H32IN5OS.C22H30IN5OS/c1-18-17-38-27(34-18)24(40-22-10-13-33-26(32)23(22)31)19(2)35-28(38)37-14-11-30(12-15-37)16-20-8-6-7-9-21(20)25(30)36-41(39)29(3,4)5;1-15-14-34-24(31-15)21(35-19-7-10-30-23(29)20(19)27)16(2)32-25(34)33-11-8-26(9-12-33)13-17-5-3-4-6-18(17)22(26)28;1-16-15-31-22(27-16)20(26)17(2)28-23(31)30-12-10-25(11-13-30)14-18-8-6-7-9-19(18)21(25)29-33(32)24(3,4)5;1-14-17(23)19(24)26-20(25-14)28-11-9-22(10-12-28)13-15-7-5-6-8-16(15)18(22)27-30(29)21(2,3)4/h6-10,13,17,25,36H,11-12,14-16H2,1-5H3,(H2,32,33);3-7,10,14,22H,8-9,11-13,28H2,1-2H3,(H2,29,30);6-9,15,21,29H,10-14H2,1-5H3;5-8,18,27H,9-13H2,1-4H3,(H2,24,25,26)/t25-,41-;22-;21-,33-;18-,30-/m1111/s1. The Kier molecular flexibility index (Phi) is 28.8. The number of piperidine rings is 4. The monoisotopic (exact) mass is 2230 g/mol. The number of aromatic nitrogens is 13. The van der Waals surface area contributed by atoms with Crippen molar-refractivity contribution in [1.82, 2.24) is 77.2 Å². The van der Waals surface area contributed by atoms with E-state index < -0.39 is 33.0 Å². The van der Waals surface area contributed by atoms with Gasteiger partial charge >= 0.3 is 0 Å². The molecule has 0 bridgehead atoms. The summed E-state index contributed by atoms with van der Waals surface area (Å²) in [6.07, 6.45) is 21.7. The van der Waals surface area contributed by atoms with Gasteiger partial charge in [-0.05, 0) is 311 Å². The summed E-state index contributed by atoms with van der Waals surface area (Å²) < 4.78 is 57.5. The fourth-order valence-electron chi connectivity index (χ4n) is 21.6. The van der Waals surface area contributed by atoms with Crippen molar-refractivity contribution in [2.45, 2.75) is 246 Å². The van der Waals surface area contributed by atoms with Crippen LogP contribution in [-0.4, -0.2) is 142 Å². The zero-order valence-electron chi connectivity index (χ0n) is 81.9. The molecule has 8 aliphatic rings. The van der Waals surface area contributed by atoms with Gasteiger partial charge < -0.3 is 42.5 Å². The minimum atomic E-state index is -1.16. The van der Waals surface area contributed by atoms with Crippen molar-refractivity contribution in [3.63, 3.8) is 0 Å². The first-order chi connectivity index (χ1) is 66.0. The van der Waals surface area contributed by atoms with Crippen molar-refractivity contribution >= 4 is 183 Å². The van der Waals surface area contributed by atoms with Crippen molar-refractivity contribution in [3.8, 4) is 0 Å². The summed E-state index contributed by atoms with van der Waals surface area (Å²) in [7, 11) is -3.40. The zero-order chi connectivity index (χ0) is 98.6. The minimum Gasteiger partial charge on any atom is -0.383 e. The van der Waals surface area contributed by atoms with Gasteiger partial charge in [-0.2, -0.15) is 4.98 Å². The van der Waals surface area contributed by atoms with Crippen molar-refractivity contribution in [1.29, 1.82) is 0 Å². The number of nitrogen functional groups attached to an aromatic ring is 3. The van der Waals surface area contributed by atoms with E-state index in [1.54, 1.807) is 12.4 Å². The molecule has 4 aliphatic heterocycles. The van der Waals surface area contributed by atoms with Gasteiger partial charge in [0.25, 0.3) is 0 Å². The Labute approximate surface area is 869 Å². The van der Waals surface area contributed by atoms with Crippen molar-refractivity contribution in [2.75, 3.05) is 89.2 Å².